The molecule has 7 heteroatoms. The van der Waals surface area contributed by atoms with Crippen LogP contribution in [0.2, 0.25) is 0 Å². The predicted octanol–water partition coefficient (Wildman–Crippen LogP) is 9.72. The number of nitriles is 1. The lowest BCUT2D eigenvalue weighted by atomic mass is 9.90. The Labute approximate surface area is 303 Å². The van der Waals surface area contributed by atoms with Crippen molar-refractivity contribution in [2.75, 3.05) is 31.5 Å². The molecule has 0 spiro atoms. The summed E-state index contributed by atoms with van der Waals surface area (Å²) in [5, 5.41) is 13.8. The van der Waals surface area contributed by atoms with Gasteiger partial charge in [-0.3, -0.25) is 19.8 Å². The minimum atomic E-state index is 0.224. The summed E-state index contributed by atoms with van der Waals surface area (Å²) in [6.07, 6.45) is 9.39. The molecule has 3 aromatic carbocycles. The van der Waals surface area contributed by atoms with Crippen molar-refractivity contribution in [3.8, 4) is 17.2 Å². The van der Waals surface area contributed by atoms with Gasteiger partial charge in [0, 0.05) is 54.3 Å². The Bertz CT molecular complexity index is 2090. The van der Waals surface area contributed by atoms with Crippen molar-refractivity contribution in [2.24, 2.45) is 15.9 Å². The summed E-state index contributed by atoms with van der Waals surface area (Å²) in [5.41, 5.74) is 14.9. The van der Waals surface area contributed by atoms with Gasteiger partial charge in [0.05, 0.1) is 29.1 Å². The number of fused-ring (bicyclic) bond motifs is 2. The van der Waals surface area contributed by atoms with Crippen molar-refractivity contribution in [2.45, 2.75) is 73.4 Å². The Hall–Kier alpha value is -4.90. The predicted molar refractivity (Wildman–Crippen MR) is 212 cm³/mol. The van der Waals surface area contributed by atoms with Gasteiger partial charge in [-0.1, -0.05) is 50.6 Å². The highest BCUT2D eigenvalue weighted by molar-refractivity contribution is 6.09. The van der Waals surface area contributed by atoms with Gasteiger partial charge in [0.25, 0.3) is 0 Å². The molecule has 4 aromatic rings. The Kier molecular flexibility index (Phi) is 9.99. The van der Waals surface area contributed by atoms with Crippen LogP contribution in [0, 0.1) is 31.1 Å². The molecule has 260 valence electrons. The number of nitrogens with one attached hydrogen (secondary N) is 1. The number of nitrogens with zero attached hydrogens (tertiary/aromatic N) is 6. The fourth-order valence-corrected chi connectivity index (χ4v) is 7.95. The van der Waals surface area contributed by atoms with Crippen molar-refractivity contribution in [3.05, 3.63) is 105 Å². The van der Waals surface area contributed by atoms with E-state index in [0.29, 0.717) is 12.3 Å². The SMILES string of the molecule is CCN(Cc1cc(C#N)c2c(c1)N=C(c1cc(C)cc(-c3cccc(Nc4nccc5c4N=CC(N4CCCC4)C(C)=C5)c3)c1C)C2)CC(C)C. The molecular formula is C44H49N7. The molecule has 0 saturated carbocycles. The van der Waals surface area contributed by atoms with Crippen molar-refractivity contribution in [3.63, 3.8) is 0 Å². The topological polar surface area (TPSA) is 79.9 Å². The average Bonchev–Trinajstić information content (AvgIpc) is 3.77. The van der Waals surface area contributed by atoms with Crippen LogP contribution < -0.4 is 5.32 Å². The lowest BCUT2D eigenvalue weighted by Crippen LogP contribution is -2.34. The standard InChI is InChI=1S/C44H49N7/c1-7-50(26-28(2)3)27-32-20-35(24-45)39-23-41(49-40(39)21-32)38-18-29(4)17-37(31(38)6)33-11-10-12-36(22-33)48-44-43-34(13-14-46-44)19-30(5)42(25-47-43)51-15-8-9-16-51/h10-14,17-22,25,28,42H,7-9,15-16,23,26-27H2,1-6H3,(H,46,48). The number of hydrogen-bond acceptors (Lipinski definition) is 7. The lowest BCUT2D eigenvalue weighted by Gasteiger charge is -2.24. The van der Waals surface area contributed by atoms with E-state index in [9.17, 15) is 5.26 Å². The molecule has 1 aromatic heterocycles. The quantitative estimate of drug-likeness (QED) is 0.181. The number of aromatic nitrogens is 1. The molecule has 1 atom stereocenters. The minimum Gasteiger partial charge on any atom is -0.338 e. The van der Waals surface area contributed by atoms with Gasteiger partial charge < -0.3 is 5.32 Å². The number of likely N-dealkylation sites (tertiary alicyclic amines) is 1. The van der Waals surface area contributed by atoms with Gasteiger partial charge in [-0.15, -0.1) is 0 Å². The zero-order chi connectivity index (χ0) is 35.6. The Morgan fingerprint density at radius 2 is 1.82 bits per heavy atom. The second kappa shape index (κ2) is 14.8. The molecule has 7 nitrogen and oxygen atoms in total. The first-order valence-corrected chi connectivity index (χ1v) is 18.5. The van der Waals surface area contributed by atoms with Crippen molar-refractivity contribution in [1.29, 1.82) is 5.26 Å². The molecular weight excluding hydrogens is 627 g/mol. The lowest BCUT2D eigenvalue weighted by molar-refractivity contribution is 0.248. The number of aliphatic imine (C=N–C) groups is 2. The molecule has 4 heterocycles. The Balaban J connectivity index is 1.17. The third-order valence-corrected chi connectivity index (χ3v) is 10.5. The number of anilines is 2. The van der Waals surface area contributed by atoms with E-state index >= 15 is 0 Å². The maximum atomic E-state index is 10.2. The second-order valence-corrected chi connectivity index (χ2v) is 14.9. The van der Waals surface area contributed by atoms with E-state index in [1.165, 1.54) is 35.1 Å². The molecule has 3 aliphatic heterocycles. The number of hydrogen-bond donors (Lipinski definition) is 1. The van der Waals surface area contributed by atoms with Gasteiger partial charge in [-0.05, 0) is 123 Å². The van der Waals surface area contributed by atoms with Crippen LogP contribution in [0.25, 0.3) is 17.2 Å². The van der Waals surface area contributed by atoms with Gasteiger partial charge in [-0.25, -0.2) is 4.98 Å². The molecule has 1 N–H and O–H groups in total. The maximum absolute atomic E-state index is 10.2. The smallest absolute Gasteiger partial charge is 0.156 e. The number of benzene rings is 3. The van der Waals surface area contributed by atoms with Gasteiger partial charge in [0.15, 0.2) is 5.82 Å². The first kappa shape index (κ1) is 34.5. The van der Waals surface area contributed by atoms with E-state index in [4.69, 9.17) is 15.0 Å². The number of rotatable bonds is 10. The van der Waals surface area contributed by atoms with E-state index in [2.05, 4.69) is 130 Å². The van der Waals surface area contributed by atoms with Gasteiger partial charge in [-0.2, -0.15) is 5.26 Å². The van der Waals surface area contributed by atoms with Crippen LogP contribution in [0.5, 0.6) is 0 Å². The summed E-state index contributed by atoms with van der Waals surface area (Å²) in [5.74, 6) is 1.34. The number of pyridine rings is 1. The van der Waals surface area contributed by atoms with Crippen LogP contribution in [-0.2, 0) is 13.0 Å². The average molecular weight is 676 g/mol. The van der Waals surface area contributed by atoms with Crippen LogP contribution in [0.4, 0.5) is 22.9 Å². The van der Waals surface area contributed by atoms with Crippen LogP contribution in [-0.4, -0.2) is 58.9 Å². The Morgan fingerprint density at radius 3 is 2.59 bits per heavy atom. The summed E-state index contributed by atoms with van der Waals surface area (Å²) in [6.45, 7) is 18.3. The molecule has 0 radical (unpaired) electrons. The van der Waals surface area contributed by atoms with E-state index in [0.717, 1.165) is 94.7 Å². The number of aryl methyl sites for hydroxylation is 1. The molecule has 0 amide bonds. The van der Waals surface area contributed by atoms with Crippen LogP contribution >= 0.6 is 0 Å². The van der Waals surface area contributed by atoms with E-state index < -0.39 is 0 Å². The molecule has 0 bridgehead atoms. The van der Waals surface area contributed by atoms with Crippen molar-refractivity contribution in [1.82, 2.24) is 14.8 Å². The Morgan fingerprint density at radius 1 is 1.02 bits per heavy atom. The third-order valence-electron chi connectivity index (χ3n) is 10.5. The third kappa shape index (κ3) is 7.30. The van der Waals surface area contributed by atoms with E-state index in [-0.39, 0.29) is 6.04 Å². The van der Waals surface area contributed by atoms with Crippen LogP contribution in [0.1, 0.15) is 79.5 Å². The first-order chi connectivity index (χ1) is 24.7. The summed E-state index contributed by atoms with van der Waals surface area (Å²) < 4.78 is 0. The maximum Gasteiger partial charge on any atom is 0.156 e. The first-order valence-electron chi connectivity index (χ1n) is 18.5. The zero-order valence-corrected chi connectivity index (χ0v) is 30.9. The van der Waals surface area contributed by atoms with Crippen LogP contribution in [0.15, 0.2) is 76.4 Å². The highest BCUT2D eigenvalue weighted by atomic mass is 15.2. The molecule has 7 rings (SSSR count). The minimum absolute atomic E-state index is 0.224. The highest BCUT2D eigenvalue weighted by Crippen LogP contribution is 2.38. The molecule has 1 saturated heterocycles. The monoisotopic (exact) mass is 675 g/mol. The fourth-order valence-electron chi connectivity index (χ4n) is 7.95. The summed E-state index contributed by atoms with van der Waals surface area (Å²) in [4.78, 5) is 19.9. The molecule has 1 fully saturated rings. The zero-order valence-electron chi connectivity index (χ0n) is 30.9. The second-order valence-electron chi connectivity index (χ2n) is 14.9. The van der Waals surface area contributed by atoms with Gasteiger partial charge in [0.2, 0.25) is 0 Å². The summed E-state index contributed by atoms with van der Waals surface area (Å²) in [7, 11) is 0. The molecule has 0 aliphatic carbocycles. The summed E-state index contributed by atoms with van der Waals surface area (Å²) >= 11 is 0. The van der Waals surface area contributed by atoms with Crippen molar-refractivity contribution < 1.29 is 0 Å². The normalized spacial score (nSPS) is 16.9. The molecule has 1 unspecified atom stereocenters. The van der Waals surface area contributed by atoms with Crippen molar-refractivity contribution >= 4 is 40.9 Å². The van der Waals surface area contributed by atoms with Gasteiger partial charge >= 0.3 is 0 Å². The van der Waals surface area contributed by atoms with Gasteiger partial charge in [0.1, 0.15) is 5.69 Å². The van der Waals surface area contributed by atoms with E-state index in [1.54, 1.807) is 0 Å². The fraction of sp³-hybridized carbons (Fsp3) is 0.364. The van der Waals surface area contributed by atoms with E-state index in [1.807, 2.05) is 6.20 Å². The van der Waals surface area contributed by atoms with Crippen LogP contribution in [0.3, 0.4) is 0 Å². The summed E-state index contributed by atoms with van der Waals surface area (Å²) in [6, 6.07) is 22.1. The molecule has 51 heavy (non-hydrogen) atoms. The largest absolute Gasteiger partial charge is 0.338 e. The molecule has 3 aliphatic rings. The highest BCUT2D eigenvalue weighted by Gasteiger charge is 2.25.